The van der Waals surface area contributed by atoms with Crippen molar-refractivity contribution in [3.05, 3.63) is 76.8 Å². The van der Waals surface area contributed by atoms with Crippen LogP contribution in [0.5, 0.6) is 11.5 Å². The van der Waals surface area contributed by atoms with E-state index in [2.05, 4.69) is 26.5 Å². The summed E-state index contributed by atoms with van der Waals surface area (Å²) in [6.45, 7) is 1.86. The Labute approximate surface area is 223 Å². The standard InChI is InChI=1S/C25H26BrN3O5S2/c1-4-34-21-8-6-20(7-9-21)29(36(31,32)23-12-10-22(35-3)11-13-23)17-25(30)28-27-16-18-15-19(26)5-14-24(18)33-2/h5-16H,4,17H2,1-3H3,(H,28,30)/b27-16-. The van der Waals surface area contributed by atoms with E-state index in [-0.39, 0.29) is 4.90 Å². The number of nitrogens with one attached hydrogen (secondary N) is 1. The van der Waals surface area contributed by atoms with E-state index in [1.54, 1.807) is 48.5 Å². The fraction of sp³-hybridized carbons (Fsp3) is 0.200. The number of ether oxygens (including phenoxy) is 2. The number of halogens is 1. The lowest BCUT2D eigenvalue weighted by molar-refractivity contribution is -0.119. The summed E-state index contributed by atoms with van der Waals surface area (Å²) in [5, 5.41) is 3.98. The molecule has 8 nitrogen and oxygen atoms in total. The minimum atomic E-state index is -4.05. The second kappa shape index (κ2) is 12.8. The average molecular weight is 593 g/mol. The number of amides is 1. The van der Waals surface area contributed by atoms with Crippen LogP contribution < -0.4 is 19.2 Å². The largest absolute Gasteiger partial charge is 0.496 e. The van der Waals surface area contributed by atoms with E-state index in [1.165, 1.54) is 37.2 Å². The van der Waals surface area contributed by atoms with Crippen molar-refractivity contribution in [2.75, 3.05) is 30.8 Å². The third kappa shape index (κ3) is 7.02. The molecule has 3 aromatic carbocycles. The number of methoxy groups -OCH3 is 1. The molecule has 190 valence electrons. The lowest BCUT2D eigenvalue weighted by atomic mass is 10.2. The first-order valence-electron chi connectivity index (χ1n) is 10.8. The highest BCUT2D eigenvalue weighted by Gasteiger charge is 2.27. The molecule has 0 atom stereocenters. The maximum atomic E-state index is 13.5. The minimum Gasteiger partial charge on any atom is -0.496 e. The van der Waals surface area contributed by atoms with Gasteiger partial charge in [0.1, 0.15) is 18.0 Å². The summed E-state index contributed by atoms with van der Waals surface area (Å²) in [6.07, 6.45) is 3.34. The number of carbonyl (C=O) groups is 1. The van der Waals surface area contributed by atoms with Crippen molar-refractivity contribution in [3.63, 3.8) is 0 Å². The Morgan fingerprint density at radius 1 is 1.11 bits per heavy atom. The maximum Gasteiger partial charge on any atom is 0.264 e. The molecule has 0 aliphatic rings. The molecule has 0 heterocycles. The molecule has 0 aliphatic heterocycles. The van der Waals surface area contributed by atoms with Gasteiger partial charge in [-0.1, -0.05) is 15.9 Å². The van der Waals surface area contributed by atoms with Crippen molar-refractivity contribution < 1.29 is 22.7 Å². The predicted octanol–water partition coefficient (Wildman–Crippen LogP) is 4.92. The highest BCUT2D eigenvalue weighted by molar-refractivity contribution is 9.10. The van der Waals surface area contributed by atoms with Crippen molar-refractivity contribution in [2.24, 2.45) is 5.10 Å². The van der Waals surface area contributed by atoms with Crippen molar-refractivity contribution >= 4 is 55.5 Å². The zero-order valence-electron chi connectivity index (χ0n) is 20.0. The molecule has 0 fully saturated rings. The van der Waals surface area contributed by atoms with Crippen LogP contribution in [-0.2, 0) is 14.8 Å². The molecular formula is C25H26BrN3O5S2. The van der Waals surface area contributed by atoms with Crippen LogP contribution >= 0.6 is 27.7 Å². The molecule has 0 saturated heterocycles. The lowest BCUT2D eigenvalue weighted by Gasteiger charge is -2.24. The van der Waals surface area contributed by atoms with Crippen LogP contribution in [0.25, 0.3) is 0 Å². The van der Waals surface area contributed by atoms with Crippen LogP contribution in [0.4, 0.5) is 5.69 Å². The number of anilines is 1. The molecular weight excluding hydrogens is 566 g/mol. The molecule has 0 aromatic heterocycles. The first-order chi connectivity index (χ1) is 17.3. The van der Waals surface area contributed by atoms with Gasteiger partial charge in [-0.05, 0) is 79.9 Å². The van der Waals surface area contributed by atoms with Gasteiger partial charge in [0.15, 0.2) is 0 Å². The highest BCUT2D eigenvalue weighted by Crippen LogP contribution is 2.27. The zero-order chi connectivity index (χ0) is 26.1. The second-order valence-electron chi connectivity index (χ2n) is 7.29. The lowest BCUT2D eigenvalue weighted by Crippen LogP contribution is -2.39. The molecule has 0 aliphatic carbocycles. The second-order valence-corrected chi connectivity index (χ2v) is 11.0. The number of carbonyl (C=O) groups excluding carboxylic acids is 1. The summed E-state index contributed by atoms with van der Waals surface area (Å²) in [4.78, 5) is 13.8. The van der Waals surface area contributed by atoms with Gasteiger partial charge in [-0.25, -0.2) is 13.8 Å². The molecule has 36 heavy (non-hydrogen) atoms. The van der Waals surface area contributed by atoms with E-state index in [4.69, 9.17) is 9.47 Å². The predicted molar refractivity (Wildman–Crippen MR) is 147 cm³/mol. The minimum absolute atomic E-state index is 0.0735. The van der Waals surface area contributed by atoms with Gasteiger partial charge in [0.05, 0.1) is 30.5 Å². The molecule has 11 heteroatoms. The summed E-state index contributed by atoms with van der Waals surface area (Å²) in [5.74, 6) is 0.557. The van der Waals surface area contributed by atoms with E-state index in [1.807, 2.05) is 19.2 Å². The third-order valence-electron chi connectivity index (χ3n) is 4.95. The molecule has 0 saturated carbocycles. The number of rotatable bonds is 11. The number of hydrogen-bond donors (Lipinski definition) is 1. The number of hydrogen-bond acceptors (Lipinski definition) is 7. The average Bonchev–Trinajstić information content (AvgIpc) is 2.88. The van der Waals surface area contributed by atoms with Gasteiger partial charge in [-0.2, -0.15) is 5.10 Å². The molecule has 0 unspecified atom stereocenters. The third-order valence-corrected chi connectivity index (χ3v) is 7.98. The smallest absolute Gasteiger partial charge is 0.264 e. The first kappa shape index (κ1) is 27.6. The summed E-state index contributed by atoms with van der Waals surface area (Å²) in [6, 6.07) is 18.4. The van der Waals surface area contributed by atoms with Crippen molar-refractivity contribution in [3.8, 4) is 11.5 Å². The highest BCUT2D eigenvalue weighted by atomic mass is 79.9. The zero-order valence-corrected chi connectivity index (χ0v) is 23.2. The molecule has 0 spiro atoms. The molecule has 1 amide bonds. The Morgan fingerprint density at radius 2 is 1.81 bits per heavy atom. The topological polar surface area (TPSA) is 97.3 Å². The van der Waals surface area contributed by atoms with Crippen LogP contribution in [-0.4, -0.2) is 47.1 Å². The van der Waals surface area contributed by atoms with E-state index < -0.39 is 22.5 Å². The van der Waals surface area contributed by atoms with Crippen molar-refractivity contribution in [1.29, 1.82) is 0 Å². The molecule has 0 radical (unpaired) electrons. The van der Waals surface area contributed by atoms with Crippen molar-refractivity contribution in [1.82, 2.24) is 5.43 Å². The van der Waals surface area contributed by atoms with E-state index in [9.17, 15) is 13.2 Å². The van der Waals surface area contributed by atoms with Gasteiger partial charge in [-0.15, -0.1) is 11.8 Å². The number of hydrazone groups is 1. The normalized spacial score (nSPS) is 11.3. The van der Waals surface area contributed by atoms with Gasteiger partial charge in [0.25, 0.3) is 15.9 Å². The Kier molecular flexibility index (Phi) is 9.80. The molecule has 3 aromatic rings. The Balaban J connectivity index is 1.86. The van der Waals surface area contributed by atoms with Gasteiger partial charge in [0, 0.05) is 14.9 Å². The Hall–Kier alpha value is -3.02. The summed E-state index contributed by atoms with van der Waals surface area (Å²) in [5.41, 5.74) is 3.36. The summed E-state index contributed by atoms with van der Waals surface area (Å²) >= 11 is 4.89. The molecule has 0 bridgehead atoms. The number of thioether (sulfide) groups is 1. The summed E-state index contributed by atoms with van der Waals surface area (Å²) < 4.78 is 39.7. The van der Waals surface area contributed by atoms with Crippen LogP contribution in [0.15, 0.2) is 86.1 Å². The van der Waals surface area contributed by atoms with Crippen LogP contribution in [0, 0.1) is 0 Å². The number of benzene rings is 3. The fourth-order valence-corrected chi connectivity index (χ4v) is 5.42. The molecule has 3 rings (SSSR count). The van der Waals surface area contributed by atoms with Gasteiger partial charge >= 0.3 is 0 Å². The van der Waals surface area contributed by atoms with Crippen LogP contribution in [0.2, 0.25) is 0 Å². The quantitative estimate of drug-likeness (QED) is 0.193. The van der Waals surface area contributed by atoms with E-state index >= 15 is 0 Å². The fourth-order valence-electron chi connectivity index (χ4n) is 3.21. The maximum absolute atomic E-state index is 13.5. The number of sulfonamides is 1. The Morgan fingerprint density at radius 3 is 2.42 bits per heavy atom. The van der Waals surface area contributed by atoms with Gasteiger partial charge in [-0.3, -0.25) is 9.10 Å². The number of nitrogens with zero attached hydrogens (tertiary/aromatic N) is 2. The Bertz CT molecular complexity index is 1310. The van der Waals surface area contributed by atoms with E-state index in [0.29, 0.717) is 29.4 Å². The molecule has 1 N–H and O–H groups in total. The monoisotopic (exact) mass is 591 g/mol. The van der Waals surface area contributed by atoms with E-state index in [0.717, 1.165) is 13.7 Å². The first-order valence-corrected chi connectivity index (χ1v) is 14.3. The van der Waals surface area contributed by atoms with Gasteiger partial charge in [0.2, 0.25) is 0 Å². The van der Waals surface area contributed by atoms with Crippen LogP contribution in [0.3, 0.4) is 0 Å². The van der Waals surface area contributed by atoms with Gasteiger partial charge < -0.3 is 9.47 Å². The van der Waals surface area contributed by atoms with Crippen LogP contribution in [0.1, 0.15) is 12.5 Å². The summed E-state index contributed by atoms with van der Waals surface area (Å²) in [7, 11) is -2.52. The van der Waals surface area contributed by atoms with Crippen molar-refractivity contribution in [2.45, 2.75) is 16.7 Å². The SMILES string of the molecule is CCOc1ccc(N(CC(=O)N/N=C\c2cc(Br)ccc2OC)S(=O)(=O)c2ccc(SC)cc2)cc1.